The Morgan fingerprint density at radius 3 is 2.33 bits per heavy atom. The van der Waals surface area contributed by atoms with Gasteiger partial charge in [-0.2, -0.15) is 0 Å². The molecule has 9 heteroatoms. The summed E-state index contributed by atoms with van der Waals surface area (Å²) in [4.78, 5) is 46.6. The maximum Gasteiger partial charge on any atom is 0.407 e. The molecule has 0 aliphatic rings. The molecule has 1 aromatic rings. The van der Waals surface area contributed by atoms with E-state index in [9.17, 15) is 19.2 Å². The molecule has 0 radical (unpaired) electrons. The zero-order valence-corrected chi connectivity index (χ0v) is 17.5. The standard InChI is InChI=1S/C21H30N2O7/c1-28-19(25)13-12-17(20(26)29-2)23-18(24)11-7-4-8-14-22-21(27)30-15-16-9-5-3-6-10-16/h3,5-6,9-10,17H,4,7-8,11-15H2,1-2H3,(H,22,27)(H,23,24)/t17-/m0/s1. The number of rotatable bonds is 13. The van der Waals surface area contributed by atoms with Crippen molar-refractivity contribution in [2.75, 3.05) is 20.8 Å². The third kappa shape index (κ3) is 11.0. The normalized spacial score (nSPS) is 11.1. The van der Waals surface area contributed by atoms with E-state index in [2.05, 4.69) is 20.1 Å². The molecule has 1 rings (SSSR count). The van der Waals surface area contributed by atoms with Crippen LogP contribution in [-0.2, 0) is 35.2 Å². The highest BCUT2D eigenvalue weighted by Crippen LogP contribution is 2.05. The van der Waals surface area contributed by atoms with E-state index in [1.807, 2.05) is 30.3 Å². The monoisotopic (exact) mass is 422 g/mol. The van der Waals surface area contributed by atoms with Crippen LogP contribution < -0.4 is 10.6 Å². The zero-order valence-electron chi connectivity index (χ0n) is 17.5. The minimum atomic E-state index is -0.886. The highest BCUT2D eigenvalue weighted by molar-refractivity contribution is 5.84. The fourth-order valence-corrected chi connectivity index (χ4v) is 2.57. The van der Waals surface area contributed by atoms with Crippen molar-refractivity contribution in [1.82, 2.24) is 10.6 Å². The molecule has 166 valence electrons. The van der Waals surface area contributed by atoms with Crippen LogP contribution in [0.1, 0.15) is 44.1 Å². The van der Waals surface area contributed by atoms with Gasteiger partial charge in [-0.3, -0.25) is 9.59 Å². The van der Waals surface area contributed by atoms with E-state index in [0.29, 0.717) is 19.4 Å². The molecule has 0 aliphatic carbocycles. The van der Waals surface area contributed by atoms with Gasteiger partial charge < -0.3 is 24.8 Å². The Morgan fingerprint density at radius 1 is 0.933 bits per heavy atom. The van der Waals surface area contributed by atoms with Gasteiger partial charge >= 0.3 is 18.0 Å². The van der Waals surface area contributed by atoms with Crippen molar-refractivity contribution in [3.05, 3.63) is 35.9 Å². The highest BCUT2D eigenvalue weighted by atomic mass is 16.5. The predicted molar refractivity (Wildman–Crippen MR) is 108 cm³/mol. The van der Waals surface area contributed by atoms with E-state index in [1.165, 1.54) is 14.2 Å². The minimum absolute atomic E-state index is 0.00257. The molecule has 9 nitrogen and oxygen atoms in total. The van der Waals surface area contributed by atoms with Gasteiger partial charge in [-0.1, -0.05) is 36.8 Å². The van der Waals surface area contributed by atoms with Crippen molar-refractivity contribution >= 4 is 23.9 Å². The van der Waals surface area contributed by atoms with Crippen molar-refractivity contribution < 1.29 is 33.4 Å². The van der Waals surface area contributed by atoms with E-state index < -0.39 is 24.1 Å². The summed E-state index contributed by atoms with van der Waals surface area (Å²) in [6.07, 6.45) is 1.86. The fraction of sp³-hybridized carbons (Fsp3) is 0.524. The van der Waals surface area contributed by atoms with Crippen LogP contribution >= 0.6 is 0 Å². The number of benzene rings is 1. The maximum absolute atomic E-state index is 12.0. The number of hydrogen-bond acceptors (Lipinski definition) is 7. The average molecular weight is 422 g/mol. The summed E-state index contributed by atoms with van der Waals surface area (Å²) in [5.74, 6) is -1.37. The van der Waals surface area contributed by atoms with E-state index in [-0.39, 0.29) is 31.8 Å². The summed E-state index contributed by atoms with van der Waals surface area (Å²) < 4.78 is 14.3. The summed E-state index contributed by atoms with van der Waals surface area (Å²) in [6.45, 7) is 0.656. The SMILES string of the molecule is COC(=O)CC[C@H](NC(=O)CCCCCNC(=O)OCc1ccccc1)C(=O)OC. The average Bonchev–Trinajstić information content (AvgIpc) is 2.77. The van der Waals surface area contributed by atoms with Crippen molar-refractivity contribution in [2.45, 2.75) is 51.2 Å². The second-order valence-electron chi connectivity index (χ2n) is 6.56. The maximum atomic E-state index is 12.0. The number of hydrogen-bond donors (Lipinski definition) is 2. The topological polar surface area (TPSA) is 120 Å². The van der Waals surface area contributed by atoms with Crippen molar-refractivity contribution in [3.8, 4) is 0 Å². The van der Waals surface area contributed by atoms with Gasteiger partial charge in [-0.25, -0.2) is 9.59 Å². The Labute approximate surface area is 176 Å². The lowest BCUT2D eigenvalue weighted by Gasteiger charge is -2.16. The summed E-state index contributed by atoms with van der Waals surface area (Å²) in [5.41, 5.74) is 0.913. The third-order valence-electron chi connectivity index (χ3n) is 4.25. The second kappa shape index (κ2) is 14.8. The molecule has 0 fully saturated rings. The molecule has 0 aromatic heterocycles. The molecule has 0 unspecified atom stereocenters. The number of carbonyl (C=O) groups is 4. The highest BCUT2D eigenvalue weighted by Gasteiger charge is 2.22. The molecule has 0 saturated heterocycles. The van der Waals surface area contributed by atoms with Gasteiger partial charge in [-0.05, 0) is 24.8 Å². The number of ether oxygens (including phenoxy) is 3. The molecule has 2 amide bonds. The van der Waals surface area contributed by atoms with Gasteiger partial charge in [-0.15, -0.1) is 0 Å². The van der Waals surface area contributed by atoms with Crippen molar-refractivity contribution in [3.63, 3.8) is 0 Å². The van der Waals surface area contributed by atoms with Crippen molar-refractivity contribution in [1.29, 1.82) is 0 Å². The lowest BCUT2D eigenvalue weighted by molar-refractivity contribution is -0.146. The molecule has 1 atom stereocenters. The first-order valence-corrected chi connectivity index (χ1v) is 9.84. The Balaban J connectivity index is 2.15. The number of esters is 2. The van der Waals surface area contributed by atoms with Crippen LogP contribution in [0.4, 0.5) is 4.79 Å². The predicted octanol–water partition coefficient (Wildman–Crippen LogP) is 2.08. The minimum Gasteiger partial charge on any atom is -0.469 e. The van der Waals surface area contributed by atoms with Gasteiger partial charge in [0.15, 0.2) is 0 Å². The molecule has 0 aliphatic heterocycles. The first kappa shape index (κ1) is 24.9. The third-order valence-corrected chi connectivity index (χ3v) is 4.25. The Bertz CT molecular complexity index is 679. The van der Waals surface area contributed by atoms with Gasteiger partial charge in [0.05, 0.1) is 14.2 Å². The van der Waals surface area contributed by atoms with Gasteiger partial charge in [0.2, 0.25) is 5.91 Å². The zero-order chi connectivity index (χ0) is 22.2. The summed E-state index contributed by atoms with van der Waals surface area (Å²) >= 11 is 0. The van der Waals surface area contributed by atoms with Gasteiger partial charge in [0, 0.05) is 19.4 Å². The van der Waals surface area contributed by atoms with Crippen LogP contribution in [0.3, 0.4) is 0 Å². The summed E-state index contributed by atoms with van der Waals surface area (Å²) in [6, 6.07) is 8.50. The van der Waals surface area contributed by atoms with E-state index in [0.717, 1.165) is 12.0 Å². The van der Waals surface area contributed by atoms with Gasteiger partial charge in [0.25, 0.3) is 0 Å². The summed E-state index contributed by atoms with van der Waals surface area (Å²) in [7, 11) is 2.48. The summed E-state index contributed by atoms with van der Waals surface area (Å²) in [5, 5.41) is 5.24. The lowest BCUT2D eigenvalue weighted by atomic mass is 10.1. The number of carbonyl (C=O) groups excluding carboxylic acids is 4. The number of alkyl carbamates (subject to hydrolysis) is 1. The van der Waals surface area contributed by atoms with Crippen LogP contribution in [0.5, 0.6) is 0 Å². The van der Waals surface area contributed by atoms with E-state index in [1.54, 1.807) is 0 Å². The second-order valence-corrected chi connectivity index (χ2v) is 6.56. The molecular weight excluding hydrogens is 392 g/mol. The first-order chi connectivity index (χ1) is 14.5. The first-order valence-electron chi connectivity index (χ1n) is 9.84. The molecule has 0 spiro atoms. The van der Waals surface area contributed by atoms with Crippen LogP contribution in [0.15, 0.2) is 30.3 Å². The van der Waals surface area contributed by atoms with Crippen LogP contribution in [0.2, 0.25) is 0 Å². The largest absolute Gasteiger partial charge is 0.469 e. The number of amides is 2. The number of methoxy groups -OCH3 is 2. The quantitative estimate of drug-likeness (QED) is 0.284. The fourth-order valence-electron chi connectivity index (χ4n) is 2.57. The molecule has 0 saturated carbocycles. The molecule has 1 aromatic carbocycles. The Kier molecular flexibility index (Phi) is 12.3. The number of nitrogens with one attached hydrogen (secondary N) is 2. The van der Waals surface area contributed by atoms with Crippen LogP contribution in [0, 0.1) is 0 Å². The van der Waals surface area contributed by atoms with E-state index >= 15 is 0 Å². The lowest BCUT2D eigenvalue weighted by Crippen LogP contribution is -2.41. The van der Waals surface area contributed by atoms with Crippen molar-refractivity contribution in [2.24, 2.45) is 0 Å². The molecule has 0 bridgehead atoms. The Morgan fingerprint density at radius 2 is 1.67 bits per heavy atom. The van der Waals surface area contributed by atoms with Crippen LogP contribution in [-0.4, -0.2) is 50.7 Å². The smallest absolute Gasteiger partial charge is 0.407 e. The molecular formula is C21H30N2O7. The molecule has 0 heterocycles. The molecule has 2 N–H and O–H groups in total. The Hall–Kier alpha value is -3.10. The van der Waals surface area contributed by atoms with E-state index in [4.69, 9.17) is 4.74 Å². The van der Waals surface area contributed by atoms with Crippen LogP contribution in [0.25, 0.3) is 0 Å². The molecule has 30 heavy (non-hydrogen) atoms. The van der Waals surface area contributed by atoms with Gasteiger partial charge in [0.1, 0.15) is 12.6 Å². The number of unbranched alkanes of at least 4 members (excludes halogenated alkanes) is 2.